The molecule has 10 nitrogen and oxygen atoms in total. The third-order valence-corrected chi connectivity index (χ3v) is 3.24. The predicted octanol–water partition coefficient (Wildman–Crippen LogP) is 3.00. The van der Waals surface area contributed by atoms with Gasteiger partial charge in [0.05, 0.1) is 0 Å². The summed E-state index contributed by atoms with van der Waals surface area (Å²) in [6.45, 7) is 10.3. The van der Waals surface area contributed by atoms with E-state index in [1.165, 1.54) is 0 Å². The van der Waals surface area contributed by atoms with E-state index in [9.17, 15) is 19.2 Å². The quantitative estimate of drug-likeness (QED) is 0.519. The summed E-state index contributed by atoms with van der Waals surface area (Å²) in [6.07, 6.45) is -1.23. The number of ether oxygens (including phenoxy) is 2. The van der Waals surface area contributed by atoms with E-state index in [4.69, 9.17) is 9.47 Å². The molecular formula is C21H32N4O6. The molecule has 0 unspecified atom stereocenters. The first-order valence-electron chi connectivity index (χ1n) is 9.87. The summed E-state index contributed by atoms with van der Waals surface area (Å²) in [7, 11) is 0. The van der Waals surface area contributed by atoms with Crippen molar-refractivity contribution in [2.45, 2.75) is 59.2 Å². The van der Waals surface area contributed by atoms with Crippen molar-refractivity contribution in [1.29, 1.82) is 0 Å². The van der Waals surface area contributed by atoms with Crippen LogP contribution in [0.15, 0.2) is 24.3 Å². The zero-order chi connectivity index (χ0) is 23.7. The fourth-order valence-corrected chi connectivity index (χ4v) is 2.16. The molecule has 31 heavy (non-hydrogen) atoms. The summed E-state index contributed by atoms with van der Waals surface area (Å²) >= 11 is 0. The lowest BCUT2D eigenvalue weighted by Gasteiger charge is -2.19. The molecule has 0 aliphatic carbocycles. The van der Waals surface area contributed by atoms with E-state index >= 15 is 0 Å². The Balaban J connectivity index is 2.43. The number of carbonyl (C=O) groups excluding carboxylic acids is 4. The molecular weight excluding hydrogens is 404 g/mol. The highest BCUT2D eigenvalue weighted by Crippen LogP contribution is 2.15. The Morgan fingerprint density at radius 3 is 1.77 bits per heavy atom. The monoisotopic (exact) mass is 436 g/mol. The summed E-state index contributed by atoms with van der Waals surface area (Å²) in [4.78, 5) is 47.2. The van der Waals surface area contributed by atoms with E-state index in [1.54, 1.807) is 65.8 Å². The van der Waals surface area contributed by atoms with Crippen LogP contribution < -0.4 is 21.3 Å². The van der Waals surface area contributed by atoms with E-state index in [2.05, 4.69) is 21.3 Å². The third-order valence-electron chi connectivity index (χ3n) is 3.24. The molecule has 10 heteroatoms. The molecule has 0 aromatic heterocycles. The van der Waals surface area contributed by atoms with Gasteiger partial charge in [-0.15, -0.1) is 0 Å². The summed E-state index contributed by atoms with van der Waals surface area (Å²) in [5.74, 6) is -0.762. The fraction of sp³-hybridized carbons (Fsp3) is 0.524. The topological polar surface area (TPSA) is 135 Å². The highest BCUT2D eigenvalue weighted by Gasteiger charge is 2.17. The van der Waals surface area contributed by atoms with Crippen LogP contribution >= 0.6 is 0 Å². The number of rotatable bonds is 7. The van der Waals surface area contributed by atoms with Crippen LogP contribution in [0.5, 0.6) is 0 Å². The standard InChI is InChI=1S/C21H32N4O6/c1-20(2,3)30-18(28)22-11-10-16(26)24-14-8-7-9-15(12-14)25-17(27)13-23-19(29)31-21(4,5)6/h7-9,12H,10-11,13H2,1-6H3,(H,22,28)(H,23,29)(H,24,26)(H,25,27). The van der Waals surface area contributed by atoms with Gasteiger partial charge in [-0.25, -0.2) is 9.59 Å². The molecule has 4 amide bonds. The van der Waals surface area contributed by atoms with Gasteiger partial charge in [-0.2, -0.15) is 0 Å². The molecule has 0 atom stereocenters. The predicted molar refractivity (Wildman–Crippen MR) is 117 cm³/mol. The van der Waals surface area contributed by atoms with Gasteiger partial charge in [-0.1, -0.05) is 6.07 Å². The molecule has 0 saturated heterocycles. The Morgan fingerprint density at radius 2 is 1.26 bits per heavy atom. The zero-order valence-electron chi connectivity index (χ0n) is 18.9. The molecule has 0 spiro atoms. The molecule has 1 aromatic rings. The van der Waals surface area contributed by atoms with Crippen LogP contribution in [-0.2, 0) is 19.1 Å². The van der Waals surface area contributed by atoms with Crippen LogP contribution in [0.3, 0.4) is 0 Å². The molecule has 0 aliphatic heterocycles. The maximum absolute atomic E-state index is 12.1. The number of hydrogen-bond acceptors (Lipinski definition) is 6. The number of carbonyl (C=O) groups is 4. The van der Waals surface area contributed by atoms with Crippen molar-refractivity contribution in [3.63, 3.8) is 0 Å². The van der Waals surface area contributed by atoms with Crippen molar-refractivity contribution < 1.29 is 28.7 Å². The van der Waals surface area contributed by atoms with Crippen molar-refractivity contribution in [3.8, 4) is 0 Å². The maximum Gasteiger partial charge on any atom is 0.408 e. The fourth-order valence-electron chi connectivity index (χ4n) is 2.16. The van der Waals surface area contributed by atoms with Gasteiger partial charge in [-0.3, -0.25) is 9.59 Å². The Hall–Kier alpha value is -3.30. The first-order chi connectivity index (χ1) is 14.2. The minimum Gasteiger partial charge on any atom is -0.444 e. The Labute approximate surface area is 182 Å². The van der Waals surface area contributed by atoms with E-state index in [1.807, 2.05) is 0 Å². The molecule has 0 heterocycles. The summed E-state index contributed by atoms with van der Waals surface area (Å²) in [5.41, 5.74) is -0.351. The number of hydrogen-bond donors (Lipinski definition) is 4. The summed E-state index contributed by atoms with van der Waals surface area (Å²) < 4.78 is 10.2. The number of alkyl carbamates (subject to hydrolysis) is 2. The number of nitrogens with one attached hydrogen (secondary N) is 4. The Bertz CT molecular complexity index is 796. The average molecular weight is 437 g/mol. The van der Waals surface area contributed by atoms with Crippen LogP contribution in [0.2, 0.25) is 0 Å². The third kappa shape index (κ3) is 12.8. The minimum atomic E-state index is -0.691. The van der Waals surface area contributed by atoms with Crippen molar-refractivity contribution in [2.75, 3.05) is 23.7 Å². The van der Waals surface area contributed by atoms with Crippen LogP contribution in [0.25, 0.3) is 0 Å². The van der Waals surface area contributed by atoms with Gasteiger partial charge in [0, 0.05) is 24.3 Å². The summed E-state index contributed by atoms with van der Waals surface area (Å²) in [6, 6.07) is 6.54. The van der Waals surface area contributed by atoms with Gasteiger partial charge in [0.1, 0.15) is 17.7 Å². The second kappa shape index (κ2) is 11.2. The van der Waals surface area contributed by atoms with Crippen molar-refractivity contribution in [2.24, 2.45) is 0 Å². The van der Waals surface area contributed by atoms with E-state index < -0.39 is 29.3 Å². The van der Waals surface area contributed by atoms with Gasteiger partial charge in [0.25, 0.3) is 0 Å². The van der Waals surface area contributed by atoms with Crippen molar-refractivity contribution in [3.05, 3.63) is 24.3 Å². The lowest BCUT2D eigenvalue weighted by molar-refractivity contribution is -0.116. The molecule has 0 aliphatic rings. The van der Waals surface area contributed by atoms with Crippen molar-refractivity contribution >= 4 is 35.4 Å². The van der Waals surface area contributed by atoms with Gasteiger partial charge >= 0.3 is 12.2 Å². The lowest BCUT2D eigenvalue weighted by Crippen LogP contribution is -2.37. The van der Waals surface area contributed by atoms with Crippen LogP contribution in [0.4, 0.5) is 21.0 Å². The smallest absolute Gasteiger partial charge is 0.408 e. The number of anilines is 2. The van der Waals surface area contributed by atoms with Crippen LogP contribution in [0.1, 0.15) is 48.0 Å². The number of amides is 4. The molecule has 0 fully saturated rings. The first kappa shape index (κ1) is 25.7. The average Bonchev–Trinajstić information content (AvgIpc) is 2.57. The molecule has 172 valence electrons. The highest BCUT2D eigenvalue weighted by atomic mass is 16.6. The molecule has 0 radical (unpaired) electrons. The van der Waals surface area contributed by atoms with Crippen molar-refractivity contribution in [1.82, 2.24) is 10.6 Å². The Morgan fingerprint density at radius 1 is 0.774 bits per heavy atom. The number of benzene rings is 1. The lowest BCUT2D eigenvalue weighted by atomic mass is 10.2. The Kier molecular flexibility index (Phi) is 9.29. The molecule has 0 saturated carbocycles. The SMILES string of the molecule is CC(C)(C)OC(=O)NCCC(=O)Nc1cccc(NC(=O)CNC(=O)OC(C)(C)C)c1. The molecule has 4 N–H and O–H groups in total. The maximum atomic E-state index is 12.1. The van der Waals surface area contributed by atoms with E-state index in [0.29, 0.717) is 11.4 Å². The minimum absolute atomic E-state index is 0.0512. The molecule has 0 bridgehead atoms. The normalized spacial score (nSPS) is 11.2. The van der Waals surface area contributed by atoms with Gasteiger partial charge in [0.15, 0.2) is 0 Å². The first-order valence-corrected chi connectivity index (χ1v) is 9.87. The van der Waals surface area contributed by atoms with E-state index in [0.717, 1.165) is 0 Å². The summed E-state index contributed by atoms with van der Waals surface area (Å²) in [5, 5.41) is 10.2. The largest absolute Gasteiger partial charge is 0.444 e. The highest BCUT2D eigenvalue weighted by molar-refractivity contribution is 5.95. The zero-order valence-corrected chi connectivity index (χ0v) is 18.9. The van der Waals surface area contributed by atoms with Crippen LogP contribution in [0, 0.1) is 0 Å². The van der Waals surface area contributed by atoms with Crippen LogP contribution in [-0.4, -0.2) is 48.3 Å². The second-order valence-corrected chi connectivity index (χ2v) is 8.71. The van der Waals surface area contributed by atoms with Gasteiger partial charge in [0.2, 0.25) is 11.8 Å². The van der Waals surface area contributed by atoms with E-state index in [-0.39, 0.29) is 25.4 Å². The second-order valence-electron chi connectivity index (χ2n) is 8.71. The molecule has 1 rings (SSSR count). The van der Waals surface area contributed by atoms with Gasteiger partial charge < -0.3 is 30.7 Å². The van der Waals surface area contributed by atoms with Gasteiger partial charge in [-0.05, 0) is 59.7 Å². The molecule has 1 aromatic carbocycles.